The van der Waals surface area contributed by atoms with Crippen molar-refractivity contribution in [3.63, 3.8) is 0 Å². The second-order valence-electron chi connectivity index (χ2n) is 5.05. The SMILES string of the molecule is Cc1ccccc1C(O)CNC(=O)Cc1c(F)cccc1Cl. The van der Waals surface area contributed by atoms with Crippen LogP contribution in [-0.2, 0) is 11.2 Å². The summed E-state index contributed by atoms with van der Waals surface area (Å²) in [6.45, 7) is 1.95. The van der Waals surface area contributed by atoms with Gasteiger partial charge in [-0.3, -0.25) is 4.79 Å². The molecule has 1 unspecified atom stereocenters. The van der Waals surface area contributed by atoms with Crippen LogP contribution in [0, 0.1) is 12.7 Å². The molecule has 22 heavy (non-hydrogen) atoms. The van der Waals surface area contributed by atoms with Gasteiger partial charge in [-0.05, 0) is 30.2 Å². The summed E-state index contributed by atoms with van der Waals surface area (Å²) in [5.74, 6) is -0.901. The molecule has 0 heterocycles. The lowest BCUT2D eigenvalue weighted by molar-refractivity contribution is -0.120. The summed E-state index contributed by atoms with van der Waals surface area (Å²) in [4.78, 5) is 11.9. The van der Waals surface area contributed by atoms with Gasteiger partial charge < -0.3 is 10.4 Å². The fourth-order valence-corrected chi connectivity index (χ4v) is 2.44. The normalized spacial score (nSPS) is 12.0. The number of halogens is 2. The van der Waals surface area contributed by atoms with Crippen LogP contribution in [0.1, 0.15) is 22.8 Å². The summed E-state index contributed by atoms with van der Waals surface area (Å²) in [7, 11) is 0. The molecule has 2 N–H and O–H groups in total. The van der Waals surface area contributed by atoms with Gasteiger partial charge >= 0.3 is 0 Å². The predicted octanol–water partition coefficient (Wildman–Crippen LogP) is 3.18. The van der Waals surface area contributed by atoms with Crippen molar-refractivity contribution in [2.45, 2.75) is 19.4 Å². The monoisotopic (exact) mass is 321 g/mol. The Balaban J connectivity index is 1.95. The van der Waals surface area contributed by atoms with Crippen LogP contribution in [0.5, 0.6) is 0 Å². The maximum Gasteiger partial charge on any atom is 0.224 e. The number of carbonyl (C=O) groups is 1. The second kappa shape index (κ2) is 7.38. The van der Waals surface area contributed by atoms with E-state index in [1.54, 1.807) is 6.07 Å². The third-order valence-electron chi connectivity index (χ3n) is 3.44. The minimum atomic E-state index is -0.804. The number of aliphatic hydroxyl groups is 1. The van der Waals surface area contributed by atoms with Gasteiger partial charge in [0.2, 0.25) is 5.91 Å². The van der Waals surface area contributed by atoms with Crippen LogP contribution in [0.4, 0.5) is 4.39 Å². The standard InChI is InChI=1S/C17H17ClFNO2/c1-11-5-2-3-6-12(11)16(21)10-20-17(22)9-13-14(18)7-4-8-15(13)19/h2-8,16,21H,9-10H2,1H3,(H,20,22). The van der Waals surface area contributed by atoms with Gasteiger partial charge in [0.25, 0.3) is 0 Å². The molecule has 2 aromatic rings. The maximum atomic E-state index is 13.6. The Kier molecular flexibility index (Phi) is 5.52. The van der Waals surface area contributed by atoms with E-state index in [0.717, 1.165) is 11.1 Å². The highest BCUT2D eigenvalue weighted by atomic mass is 35.5. The van der Waals surface area contributed by atoms with Gasteiger partial charge in [0.1, 0.15) is 5.82 Å². The van der Waals surface area contributed by atoms with E-state index < -0.39 is 11.9 Å². The average Bonchev–Trinajstić information content (AvgIpc) is 2.49. The Labute approximate surface area is 133 Å². The van der Waals surface area contributed by atoms with E-state index in [2.05, 4.69) is 5.32 Å². The van der Waals surface area contributed by atoms with Gasteiger partial charge in [-0.15, -0.1) is 0 Å². The highest BCUT2D eigenvalue weighted by Crippen LogP contribution is 2.20. The Hall–Kier alpha value is -1.91. The van der Waals surface area contributed by atoms with Crippen LogP contribution in [-0.4, -0.2) is 17.6 Å². The zero-order valence-corrected chi connectivity index (χ0v) is 12.9. The number of carbonyl (C=O) groups excluding carboxylic acids is 1. The highest BCUT2D eigenvalue weighted by Gasteiger charge is 2.14. The van der Waals surface area contributed by atoms with Crippen LogP contribution < -0.4 is 5.32 Å². The minimum Gasteiger partial charge on any atom is -0.387 e. The summed E-state index contributed by atoms with van der Waals surface area (Å²) < 4.78 is 13.6. The number of hydrogen-bond acceptors (Lipinski definition) is 2. The van der Waals surface area contributed by atoms with E-state index in [9.17, 15) is 14.3 Å². The van der Waals surface area contributed by atoms with Crippen molar-refractivity contribution in [3.05, 3.63) is 70.0 Å². The molecule has 0 fully saturated rings. The Morgan fingerprint density at radius 2 is 2.00 bits per heavy atom. The second-order valence-corrected chi connectivity index (χ2v) is 5.46. The van der Waals surface area contributed by atoms with Gasteiger partial charge in [0.15, 0.2) is 0 Å². The molecule has 0 saturated carbocycles. The lowest BCUT2D eigenvalue weighted by Gasteiger charge is -2.15. The van der Waals surface area contributed by atoms with Crippen molar-refractivity contribution >= 4 is 17.5 Å². The third kappa shape index (κ3) is 4.06. The number of aliphatic hydroxyl groups excluding tert-OH is 1. The van der Waals surface area contributed by atoms with Gasteiger partial charge in [-0.2, -0.15) is 0 Å². The molecule has 2 rings (SSSR count). The molecular weight excluding hydrogens is 305 g/mol. The van der Waals surface area contributed by atoms with Crippen LogP contribution in [0.2, 0.25) is 5.02 Å². The number of nitrogens with one attached hydrogen (secondary N) is 1. The molecule has 0 spiro atoms. The van der Waals surface area contributed by atoms with Crippen molar-refractivity contribution in [2.24, 2.45) is 0 Å². The summed E-state index contributed by atoms with van der Waals surface area (Å²) in [5, 5.41) is 12.9. The molecule has 0 aliphatic heterocycles. The first-order valence-electron chi connectivity index (χ1n) is 6.92. The van der Waals surface area contributed by atoms with Gasteiger partial charge in [-0.1, -0.05) is 41.9 Å². The third-order valence-corrected chi connectivity index (χ3v) is 3.79. The molecule has 0 radical (unpaired) electrons. The summed E-state index contributed by atoms with van der Waals surface area (Å²) in [6.07, 6.45) is -0.965. The van der Waals surface area contributed by atoms with Crippen molar-refractivity contribution in [3.8, 4) is 0 Å². The number of rotatable bonds is 5. The zero-order valence-electron chi connectivity index (χ0n) is 12.1. The molecule has 116 valence electrons. The molecule has 0 aromatic heterocycles. The number of hydrogen-bond donors (Lipinski definition) is 2. The first-order valence-corrected chi connectivity index (χ1v) is 7.30. The Bertz CT molecular complexity index is 655. The molecule has 1 amide bonds. The summed E-state index contributed by atoms with van der Waals surface area (Å²) in [5.41, 5.74) is 1.86. The Morgan fingerprint density at radius 1 is 1.27 bits per heavy atom. The minimum absolute atomic E-state index is 0.0652. The van der Waals surface area contributed by atoms with Gasteiger partial charge in [0, 0.05) is 17.1 Å². The van der Waals surface area contributed by atoms with Crippen LogP contribution in [0.25, 0.3) is 0 Å². The largest absolute Gasteiger partial charge is 0.387 e. The fourth-order valence-electron chi connectivity index (χ4n) is 2.21. The van der Waals surface area contributed by atoms with Crippen molar-refractivity contribution in [2.75, 3.05) is 6.54 Å². The molecule has 1 atom stereocenters. The average molecular weight is 322 g/mol. The number of benzene rings is 2. The number of aryl methyl sites for hydroxylation is 1. The van der Waals surface area contributed by atoms with Crippen molar-refractivity contribution in [1.29, 1.82) is 0 Å². The zero-order chi connectivity index (χ0) is 16.1. The van der Waals surface area contributed by atoms with Crippen molar-refractivity contribution < 1.29 is 14.3 Å². The van der Waals surface area contributed by atoms with E-state index >= 15 is 0 Å². The van der Waals surface area contributed by atoms with Crippen LogP contribution >= 0.6 is 11.6 Å². The maximum absolute atomic E-state index is 13.6. The Morgan fingerprint density at radius 3 is 2.68 bits per heavy atom. The predicted molar refractivity (Wildman–Crippen MR) is 84.3 cm³/mol. The van der Waals surface area contributed by atoms with Gasteiger partial charge in [0.05, 0.1) is 12.5 Å². The summed E-state index contributed by atoms with van der Waals surface area (Å²) in [6, 6.07) is 11.7. The van der Waals surface area contributed by atoms with Crippen LogP contribution in [0.3, 0.4) is 0 Å². The van der Waals surface area contributed by atoms with Crippen molar-refractivity contribution in [1.82, 2.24) is 5.32 Å². The molecule has 3 nitrogen and oxygen atoms in total. The first kappa shape index (κ1) is 16.5. The first-order chi connectivity index (χ1) is 10.5. The fraction of sp³-hybridized carbons (Fsp3) is 0.235. The van der Waals surface area contributed by atoms with E-state index in [1.807, 2.05) is 25.1 Å². The van der Waals surface area contributed by atoms with E-state index in [1.165, 1.54) is 18.2 Å². The quantitative estimate of drug-likeness (QED) is 0.888. The van der Waals surface area contributed by atoms with Gasteiger partial charge in [-0.25, -0.2) is 4.39 Å². The lowest BCUT2D eigenvalue weighted by Crippen LogP contribution is -2.30. The van der Waals surface area contributed by atoms with Crippen LogP contribution in [0.15, 0.2) is 42.5 Å². The lowest BCUT2D eigenvalue weighted by atomic mass is 10.0. The molecule has 0 saturated heterocycles. The molecule has 0 aliphatic carbocycles. The highest BCUT2D eigenvalue weighted by molar-refractivity contribution is 6.31. The van der Waals surface area contributed by atoms with E-state index in [-0.39, 0.29) is 29.5 Å². The topological polar surface area (TPSA) is 49.3 Å². The molecule has 2 aromatic carbocycles. The smallest absolute Gasteiger partial charge is 0.224 e. The van der Waals surface area contributed by atoms with E-state index in [0.29, 0.717) is 0 Å². The molecule has 0 bridgehead atoms. The summed E-state index contributed by atoms with van der Waals surface area (Å²) >= 11 is 5.88. The molecule has 5 heteroatoms. The molecular formula is C17H17ClFNO2. The number of amides is 1. The molecule has 0 aliphatic rings. The van der Waals surface area contributed by atoms with E-state index in [4.69, 9.17) is 11.6 Å².